The van der Waals surface area contributed by atoms with E-state index in [0.29, 0.717) is 12.8 Å². The monoisotopic (exact) mass is 401 g/mol. The summed E-state index contributed by atoms with van der Waals surface area (Å²) in [6.07, 6.45) is 0.922. The zero-order valence-electron chi connectivity index (χ0n) is 13.6. The van der Waals surface area contributed by atoms with Crippen molar-refractivity contribution in [1.82, 2.24) is 5.01 Å². The van der Waals surface area contributed by atoms with Gasteiger partial charge in [0.2, 0.25) is 5.91 Å². The Labute approximate surface area is 153 Å². The molecular formula is C18H16BrN3O3. The van der Waals surface area contributed by atoms with Crippen molar-refractivity contribution in [2.45, 2.75) is 25.8 Å². The number of rotatable bonds is 4. The molecule has 1 aliphatic rings. The van der Waals surface area contributed by atoms with Crippen LogP contribution in [0.2, 0.25) is 0 Å². The number of nitro groups is 1. The molecule has 0 N–H and O–H groups in total. The average Bonchev–Trinajstić information content (AvgIpc) is 3.07. The molecule has 0 saturated carbocycles. The van der Waals surface area contributed by atoms with Crippen LogP contribution >= 0.6 is 15.9 Å². The van der Waals surface area contributed by atoms with Crippen LogP contribution in [0.15, 0.2) is 58.1 Å². The lowest BCUT2D eigenvalue weighted by Gasteiger charge is -2.21. The summed E-state index contributed by atoms with van der Waals surface area (Å²) in [4.78, 5) is 22.7. The van der Waals surface area contributed by atoms with Gasteiger partial charge in [-0.3, -0.25) is 14.9 Å². The molecule has 1 atom stereocenters. The Morgan fingerprint density at radius 2 is 1.88 bits per heavy atom. The van der Waals surface area contributed by atoms with Crippen molar-refractivity contribution < 1.29 is 9.72 Å². The second-order valence-corrected chi connectivity index (χ2v) is 6.63. The van der Waals surface area contributed by atoms with Crippen LogP contribution in [0, 0.1) is 10.1 Å². The number of non-ortho nitro benzene ring substituents is 1. The number of benzene rings is 2. The largest absolute Gasteiger partial charge is 0.273 e. The predicted molar refractivity (Wildman–Crippen MR) is 98.3 cm³/mol. The van der Waals surface area contributed by atoms with Crippen LogP contribution in [-0.4, -0.2) is 21.6 Å². The molecule has 2 aromatic carbocycles. The third-order valence-electron chi connectivity index (χ3n) is 4.13. The van der Waals surface area contributed by atoms with Crippen LogP contribution in [0.25, 0.3) is 0 Å². The quantitative estimate of drug-likeness (QED) is 0.560. The van der Waals surface area contributed by atoms with E-state index in [1.54, 1.807) is 19.1 Å². The fourth-order valence-corrected chi connectivity index (χ4v) is 3.06. The van der Waals surface area contributed by atoms with Crippen molar-refractivity contribution in [1.29, 1.82) is 0 Å². The van der Waals surface area contributed by atoms with Gasteiger partial charge in [0.1, 0.15) is 0 Å². The highest BCUT2D eigenvalue weighted by Crippen LogP contribution is 2.34. The summed E-state index contributed by atoms with van der Waals surface area (Å²) >= 11 is 3.41. The molecule has 128 valence electrons. The minimum atomic E-state index is -0.433. The lowest BCUT2D eigenvalue weighted by molar-refractivity contribution is -0.384. The summed E-state index contributed by atoms with van der Waals surface area (Å²) in [6, 6.07) is 13.8. The number of halogens is 1. The number of carbonyl (C=O) groups is 1. The normalized spacial score (nSPS) is 16.6. The standard InChI is InChI=1S/C18H16BrN3O3/c1-2-18(23)21-17(13-5-9-15(10-6-13)22(24)25)11-16(20-21)12-3-7-14(19)8-4-12/h3-10,17H,2,11H2,1H3. The SMILES string of the molecule is CCC(=O)N1N=C(c2ccc(Br)cc2)CC1c1ccc([N+](=O)[O-])cc1. The third-order valence-corrected chi connectivity index (χ3v) is 4.66. The Bertz CT molecular complexity index is 832. The van der Waals surface area contributed by atoms with Gasteiger partial charge in [-0.05, 0) is 23.3 Å². The molecule has 0 spiro atoms. The van der Waals surface area contributed by atoms with E-state index < -0.39 is 4.92 Å². The van der Waals surface area contributed by atoms with Crippen molar-refractivity contribution in [2.75, 3.05) is 0 Å². The first-order chi connectivity index (χ1) is 12.0. The van der Waals surface area contributed by atoms with E-state index in [2.05, 4.69) is 21.0 Å². The first-order valence-corrected chi connectivity index (χ1v) is 8.68. The fourth-order valence-electron chi connectivity index (χ4n) is 2.80. The summed E-state index contributed by atoms with van der Waals surface area (Å²) in [6.45, 7) is 1.79. The number of hydrazone groups is 1. The van der Waals surface area contributed by atoms with Crippen molar-refractivity contribution in [3.63, 3.8) is 0 Å². The molecule has 1 aliphatic heterocycles. The average molecular weight is 402 g/mol. The Morgan fingerprint density at radius 3 is 2.44 bits per heavy atom. The molecule has 0 saturated heterocycles. The number of amides is 1. The van der Waals surface area contributed by atoms with Crippen molar-refractivity contribution in [2.24, 2.45) is 5.10 Å². The van der Waals surface area contributed by atoms with Crippen LogP contribution < -0.4 is 0 Å². The van der Waals surface area contributed by atoms with Gasteiger partial charge in [0.15, 0.2) is 0 Å². The van der Waals surface area contributed by atoms with Crippen molar-refractivity contribution in [3.8, 4) is 0 Å². The minimum absolute atomic E-state index is 0.0316. The van der Waals surface area contributed by atoms with E-state index in [-0.39, 0.29) is 17.6 Å². The summed E-state index contributed by atoms with van der Waals surface area (Å²) < 4.78 is 0.975. The molecule has 2 aromatic rings. The van der Waals surface area contributed by atoms with Crippen LogP contribution in [0.5, 0.6) is 0 Å². The van der Waals surface area contributed by atoms with Gasteiger partial charge >= 0.3 is 0 Å². The van der Waals surface area contributed by atoms with E-state index in [0.717, 1.165) is 21.3 Å². The number of carbonyl (C=O) groups excluding carboxylic acids is 1. The molecule has 1 heterocycles. The molecule has 0 bridgehead atoms. The molecule has 0 aliphatic carbocycles. The zero-order chi connectivity index (χ0) is 18.0. The highest BCUT2D eigenvalue weighted by atomic mass is 79.9. The summed E-state index contributed by atoms with van der Waals surface area (Å²) in [5.41, 5.74) is 2.66. The lowest BCUT2D eigenvalue weighted by Crippen LogP contribution is -2.26. The van der Waals surface area contributed by atoms with Crippen molar-refractivity contribution in [3.05, 3.63) is 74.2 Å². The summed E-state index contributed by atoms with van der Waals surface area (Å²) in [5.74, 6) is -0.0736. The molecule has 1 amide bonds. The van der Waals surface area contributed by atoms with Crippen molar-refractivity contribution >= 4 is 33.2 Å². The van der Waals surface area contributed by atoms with Gasteiger partial charge in [-0.1, -0.05) is 47.1 Å². The number of hydrogen-bond acceptors (Lipinski definition) is 4. The van der Waals surface area contributed by atoms with E-state index in [4.69, 9.17) is 0 Å². The van der Waals surface area contributed by atoms with Gasteiger partial charge in [0, 0.05) is 29.4 Å². The first kappa shape index (κ1) is 17.3. The first-order valence-electron chi connectivity index (χ1n) is 7.89. The number of nitrogens with zero attached hydrogens (tertiary/aromatic N) is 3. The Hall–Kier alpha value is -2.54. The highest BCUT2D eigenvalue weighted by molar-refractivity contribution is 9.10. The smallest absolute Gasteiger partial charge is 0.269 e. The predicted octanol–water partition coefficient (Wildman–Crippen LogP) is 4.45. The Kier molecular flexibility index (Phi) is 4.94. The van der Waals surface area contributed by atoms with Gasteiger partial charge in [0.25, 0.3) is 5.69 Å². The summed E-state index contributed by atoms with van der Waals surface area (Å²) in [5, 5.41) is 16.9. The number of nitro benzene ring substituents is 1. The molecule has 25 heavy (non-hydrogen) atoms. The molecule has 0 fully saturated rings. The maximum absolute atomic E-state index is 12.3. The molecular weight excluding hydrogens is 386 g/mol. The van der Waals surface area contributed by atoms with Gasteiger partial charge in [-0.15, -0.1) is 0 Å². The molecule has 7 heteroatoms. The third kappa shape index (κ3) is 3.61. The molecule has 6 nitrogen and oxygen atoms in total. The van der Waals surface area contributed by atoms with E-state index in [1.807, 2.05) is 24.3 Å². The molecule has 1 unspecified atom stereocenters. The molecule has 0 aromatic heterocycles. The Morgan fingerprint density at radius 1 is 1.24 bits per heavy atom. The maximum Gasteiger partial charge on any atom is 0.269 e. The highest BCUT2D eigenvalue weighted by Gasteiger charge is 2.32. The second kappa shape index (κ2) is 7.14. The summed E-state index contributed by atoms with van der Waals surface area (Å²) in [7, 11) is 0. The Balaban J connectivity index is 1.92. The fraction of sp³-hybridized carbons (Fsp3) is 0.222. The van der Waals surface area contributed by atoms with Gasteiger partial charge in [-0.25, -0.2) is 5.01 Å². The van der Waals surface area contributed by atoms with Gasteiger partial charge in [0.05, 0.1) is 16.7 Å². The molecule has 3 rings (SSSR count). The topological polar surface area (TPSA) is 75.8 Å². The zero-order valence-corrected chi connectivity index (χ0v) is 15.1. The van der Waals surface area contributed by atoms with Gasteiger partial charge in [-0.2, -0.15) is 5.10 Å². The lowest BCUT2D eigenvalue weighted by atomic mass is 9.98. The maximum atomic E-state index is 12.3. The van der Waals surface area contributed by atoms with E-state index in [9.17, 15) is 14.9 Å². The number of hydrogen-bond donors (Lipinski definition) is 0. The second-order valence-electron chi connectivity index (χ2n) is 5.71. The van der Waals surface area contributed by atoms with Crippen LogP contribution in [0.1, 0.15) is 36.9 Å². The molecule has 0 radical (unpaired) electrons. The van der Waals surface area contributed by atoms with Gasteiger partial charge < -0.3 is 0 Å². The van der Waals surface area contributed by atoms with Crippen LogP contribution in [0.4, 0.5) is 5.69 Å². The van der Waals surface area contributed by atoms with Crippen LogP contribution in [0.3, 0.4) is 0 Å². The van der Waals surface area contributed by atoms with Crippen LogP contribution in [-0.2, 0) is 4.79 Å². The van der Waals surface area contributed by atoms with E-state index in [1.165, 1.54) is 17.1 Å². The van der Waals surface area contributed by atoms with E-state index >= 15 is 0 Å². The minimum Gasteiger partial charge on any atom is -0.273 e.